The molecule has 110 valence electrons. The van der Waals surface area contributed by atoms with Gasteiger partial charge in [-0.25, -0.2) is 0 Å². The molecule has 21 heavy (non-hydrogen) atoms. The van der Waals surface area contributed by atoms with E-state index in [0.717, 1.165) is 37.0 Å². The second-order valence-electron chi connectivity index (χ2n) is 6.45. The smallest absolute Gasteiger partial charge is 0.0735 e. The first-order valence-electron chi connectivity index (χ1n) is 7.85. The summed E-state index contributed by atoms with van der Waals surface area (Å²) in [5, 5.41) is 4.61. The van der Waals surface area contributed by atoms with E-state index in [0.29, 0.717) is 11.5 Å². The lowest BCUT2D eigenvalue weighted by Crippen LogP contribution is -2.37. The van der Waals surface area contributed by atoms with Crippen LogP contribution in [0, 0.1) is 5.41 Å². The van der Waals surface area contributed by atoms with Crippen LogP contribution in [0.3, 0.4) is 0 Å². The molecule has 0 bridgehead atoms. The standard InChI is InChI=1S/C17H21N3O/c1-6-20-16-2-5-19-11-15(16)13(1)9-14-10-17(12-21-14)3-7-18-8-4-17/h1-2,5-6,11,14,18H,3-4,7-10,12H2/t14-/m0/s1. The molecule has 2 fully saturated rings. The summed E-state index contributed by atoms with van der Waals surface area (Å²) in [6.07, 6.45) is 10.6. The summed E-state index contributed by atoms with van der Waals surface area (Å²) in [7, 11) is 0. The molecule has 0 aromatic carbocycles. The minimum absolute atomic E-state index is 0.342. The van der Waals surface area contributed by atoms with Crippen LogP contribution in [-0.4, -0.2) is 35.8 Å². The van der Waals surface area contributed by atoms with Gasteiger partial charge >= 0.3 is 0 Å². The van der Waals surface area contributed by atoms with Crippen molar-refractivity contribution in [3.8, 4) is 0 Å². The number of ether oxygens (including phenoxy) is 1. The van der Waals surface area contributed by atoms with Gasteiger partial charge in [0.1, 0.15) is 0 Å². The summed E-state index contributed by atoms with van der Waals surface area (Å²) in [5.74, 6) is 0. The van der Waals surface area contributed by atoms with Crippen molar-refractivity contribution in [1.29, 1.82) is 0 Å². The second-order valence-corrected chi connectivity index (χ2v) is 6.45. The van der Waals surface area contributed by atoms with Gasteiger partial charge in [0.25, 0.3) is 0 Å². The maximum Gasteiger partial charge on any atom is 0.0735 e. The highest BCUT2D eigenvalue weighted by Crippen LogP contribution is 2.41. The molecule has 4 rings (SSSR count). The average Bonchev–Trinajstić information content (AvgIpc) is 2.91. The first kappa shape index (κ1) is 13.2. The number of fused-ring (bicyclic) bond motifs is 1. The van der Waals surface area contributed by atoms with Crippen molar-refractivity contribution < 1.29 is 4.74 Å². The minimum Gasteiger partial charge on any atom is -0.377 e. The Labute approximate surface area is 124 Å². The van der Waals surface area contributed by atoms with E-state index >= 15 is 0 Å². The molecular formula is C17H21N3O. The summed E-state index contributed by atoms with van der Waals surface area (Å²) in [6, 6.07) is 4.09. The molecule has 0 amide bonds. The molecule has 0 saturated carbocycles. The van der Waals surface area contributed by atoms with E-state index in [1.165, 1.54) is 24.8 Å². The molecule has 2 aromatic heterocycles. The molecule has 4 heterocycles. The van der Waals surface area contributed by atoms with Crippen LogP contribution >= 0.6 is 0 Å². The summed E-state index contributed by atoms with van der Waals surface area (Å²) < 4.78 is 6.13. The van der Waals surface area contributed by atoms with Gasteiger partial charge in [-0.1, -0.05) is 0 Å². The van der Waals surface area contributed by atoms with Crippen LogP contribution < -0.4 is 5.32 Å². The fourth-order valence-electron chi connectivity index (χ4n) is 3.80. The van der Waals surface area contributed by atoms with Crippen LogP contribution in [0.2, 0.25) is 0 Å². The van der Waals surface area contributed by atoms with Gasteiger partial charge in [-0.05, 0) is 61.9 Å². The molecule has 1 N–H and O–H groups in total. The second kappa shape index (κ2) is 5.35. The van der Waals surface area contributed by atoms with Gasteiger partial charge in [0.05, 0.1) is 18.2 Å². The SMILES string of the molecule is c1cc2nccc(C[C@H]3CC4(CCNCC4)CO3)c2cn1. The molecule has 2 aromatic rings. The number of hydrogen-bond donors (Lipinski definition) is 1. The van der Waals surface area contributed by atoms with Crippen LogP contribution in [0.15, 0.2) is 30.7 Å². The lowest BCUT2D eigenvalue weighted by atomic mass is 9.76. The van der Waals surface area contributed by atoms with Crippen LogP contribution in [0.5, 0.6) is 0 Å². The molecule has 0 radical (unpaired) electrons. The third-order valence-corrected chi connectivity index (χ3v) is 5.03. The Hall–Kier alpha value is -1.52. The Morgan fingerprint density at radius 2 is 2.14 bits per heavy atom. The largest absolute Gasteiger partial charge is 0.377 e. The van der Waals surface area contributed by atoms with Crippen LogP contribution in [0.4, 0.5) is 0 Å². The summed E-state index contributed by atoms with van der Waals surface area (Å²) in [5.41, 5.74) is 2.76. The predicted octanol–water partition coefficient (Wildman–Crippen LogP) is 2.33. The molecule has 0 unspecified atom stereocenters. The van der Waals surface area contributed by atoms with Gasteiger partial charge in [-0.2, -0.15) is 0 Å². The van der Waals surface area contributed by atoms with E-state index in [1.807, 2.05) is 18.5 Å². The fraction of sp³-hybridized carbons (Fsp3) is 0.529. The van der Waals surface area contributed by atoms with Crippen LogP contribution in [0.25, 0.3) is 10.9 Å². The quantitative estimate of drug-likeness (QED) is 0.919. The first-order chi connectivity index (χ1) is 10.3. The number of pyridine rings is 2. The van der Waals surface area contributed by atoms with Gasteiger partial charge in [0.15, 0.2) is 0 Å². The van der Waals surface area contributed by atoms with Gasteiger partial charge in [0, 0.05) is 24.0 Å². The van der Waals surface area contributed by atoms with Crippen molar-refractivity contribution in [1.82, 2.24) is 15.3 Å². The molecule has 2 saturated heterocycles. The zero-order valence-electron chi connectivity index (χ0n) is 12.2. The van der Waals surface area contributed by atoms with Crippen molar-refractivity contribution in [3.05, 3.63) is 36.3 Å². The van der Waals surface area contributed by atoms with Gasteiger partial charge in [-0.3, -0.25) is 9.97 Å². The van der Waals surface area contributed by atoms with E-state index in [4.69, 9.17) is 4.74 Å². The van der Waals surface area contributed by atoms with Gasteiger partial charge < -0.3 is 10.1 Å². The predicted molar refractivity (Wildman–Crippen MR) is 82.1 cm³/mol. The number of aromatic nitrogens is 2. The van der Waals surface area contributed by atoms with Crippen molar-refractivity contribution in [2.24, 2.45) is 5.41 Å². The van der Waals surface area contributed by atoms with E-state index in [1.54, 1.807) is 6.20 Å². The Morgan fingerprint density at radius 3 is 3.05 bits per heavy atom. The lowest BCUT2D eigenvalue weighted by Gasteiger charge is -2.32. The monoisotopic (exact) mass is 283 g/mol. The molecule has 4 heteroatoms. The lowest BCUT2D eigenvalue weighted by molar-refractivity contribution is 0.0869. The maximum atomic E-state index is 6.13. The van der Waals surface area contributed by atoms with E-state index in [9.17, 15) is 0 Å². The molecule has 4 nitrogen and oxygen atoms in total. The maximum absolute atomic E-state index is 6.13. The highest BCUT2D eigenvalue weighted by Gasteiger charge is 2.40. The highest BCUT2D eigenvalue weighted by atomic mass is 16.5. The molecular weight excluding hydrogens is 262 g/mol. The zero-order chi connectivity index (χ0) is 14.1. The molecule has 2 aliphatic heterocycles. The zero-order valence-corrected chi connectivity index (χ0v) is 12.2. The normalized spacial score (nSPS) is 24.7. The number of nitrogens with one attached hydrogen (secondary N) is 1. The summed E-state index contributed by atoms with van der Waals surface area (Å²) >= 11 is 0. The number of piperidine rings is 1. The third-order valence-electron chi connectivity index (χ3n) is 5.03. The summed E-state index contributed by atoms with van der Waals surface area (Å²) in [4.78, 5) is 8.65. The van der Waals surface area contributed by atoms with Crippen LogP contribution in [-0.2, 0) is 11.2 Å². The van der Waals surface area contributed by atoms with Crippen molar-refractivity contribution >= 4 is 10.9 Å². The number of rotatable bonds is 2. The number of hydrogen-bond acceptors (Lipinski definition) is 4. The minimum atomic E-state index is 0.342. The van der Waals surface area contributed by atoms with E-state index < -0.39 is 0 Å². The summed E-state index contributed by atoms with van der Waals surface area (Å²) in [6.45, 7) is 3.21. The van der Waals surface area contributed by atoms with E-state index in [2.05, 4.69) is 21.4 Å². The molecule has 2 aliphatic rings. The van der Waals surface area contributed by atoms with E-state index in [-0.39, 0.29) is 0 Å². The van der Waals surface area contributed by atoms with Crippen molar-refractivity contribution in [3.63, 3.8) is 0 Å². The highest BCUT2D eigenvalue weighted by molar-refractivity contribution is 5.80. The molecule has 1 atom stereocenters. The Kier molecular flexibility index (Phi) is 3.36. The van der Waals surface area contributed by atoms with Crippen molar-refractivity contribution in [2.75, 3.05) is 19.7 Å². The Balaban J connectivity index is 1.53. The fourth-order valence-corrected chi connectivity index (χ4v) is 3.80. The average molecular weight is 283 g/mol. The molecule has 1 spiro atoms. The van der Waals surface area contributed by atoms with Crippen molar-refractivity contribution in [2.45, 2.75) is 31.8 Å². The van der Waals surface area contributed by atoms with Gasteiger partial charge in [-0.15, -0.1) is 0 Å². The molecule has 0 aliphatic carbocycles. The Bertz CT molecular complexity index is 631. The van der Waals surface area contributed by atoms with Crippen LogP contribution in [0.1, 0.15) is 24.8 Å². The van der Waals surface area contributed by atoms with Gasteiger partial charge in [0.2, 0.25) is 0 Å². The third kappa shape index (κ3) is 2.54. The Morgan fingerprint density at radius 1 is 1.24 bits per heavy atom. The number of nitrogens with zero attached hydrogens (tertiary/aromatic N) is 2. The first-order valence-corrected chi connectivity index (χ1v) is 7.85. The topological polar surface area (TPSA) is 47.0 Å².